The van der Waals surface area contributed by atoms with Crippen LogP contribution in [-0.2, 0) is 13.0 Å². The molecule has 1 aromatic carbocycles. The summed E-state index contributed by atoms with van der Waals surface area (Å²) >= 11 is 1.51. The normalized spacial score (nSPS) is 11.9. The zero-order valence-corrected chi connectivity index (χ0v) is 30.5. The van der Waals surface area contributed by atoms with Gasteiger partial charge in [-0.3, -0.25) is 10.3 Å². The second-order valence-corrected chi connectivity index (χ2v) is 13.7. The summed E-state index contributed by atoms with van der Waals surface area (Å²) in [5, 5.41) is 6.07. The fourth-order valence-electron chi connectivity index (χ4n) is 5.60. The fourth-order valence-corrected chi connectivity index (χ4v) is 6.48. The van der Waals surface area contributed by atoms with E-state index in [0.29, 0.717) is 18.2 Å². The lowest BCUT2D eigenvalue weighted by Gasteiger charge is -2.11. The van der Waals surface area contributed by atoms with Crippen LogP contribution in [0.25, 0.3) is 12.2 Å². The molecule has 2 aromatic heterocycles. The first-order chi connectivity index (χ1) is 23.1. The number of anilines is 2. The largest absolute Gasteiger partial charge is 0.378 e. The maximum Gasteiger partial charge on any atom is 0.321 e. The fraction of sp³-hybridized carbons (Fsp3) is 0.474. The van der Waals surface area contributed by atoms with E-state index < -0.39 is 0 Å². The van der Waals surface area contributed by atoms with Crippen molar-refractivity contribution >= 4 is 46.3 Å². The zero-order chi connectivity index (χ0) is 34.7. The molecule has 260 valence electrons. The number of allylic oxidation sites excluding steroid dienone is 2. The van der Waals surface area contributed by atoms with Crippen molar-refractivity contribution < 1.29 is 9.36 Å². The smallest absolute Gasteiger partial charge is 0.321 e. The summed E-state index contributed by atoms with van der Waals surface area (Å²) < 4.78 is 2.43. The molecule has 48 heavy (non-hydrogen) atoms. The number of guanidine groups is 1. The number of carbonyl (C=O) groups is 1. The van der Waals surface area contributed by atoms with E-state index in [1.165, 1.54) is 82.9 Å². The number of urea groups is 1. The van der Waals surface area contributed by atoms with Gasteiger partial charge in [0.25, 0.3) is 0 Å². The number of thiazole rings is 1. The number of rotatable bonds is 19. The van der Waals surface area contributed by atoms with Gasteiger partial charge in [0.2, 0.25) is 0 Å². The Bertz CT molecular complexity index is 1480. The quantitative estimate of drug-likeness (QED) is 0.0355. The summed E-state index contributed by atoms with van der Waals surface area (Å²) in [5.41, 5.74) is 18.8. The molecule has 0 aliphatic rings. The van der Waals surface area contributed by atoms with Crippen LogP contribution >= 0.6 is 11.3 Å². The van der Waals surface area contributed by atoms with Gasteiger partial charge in [0.05, 0.1) is 5.69 Å². The maximum atomic E-state index is 12.1. The molecular formula is C38H57N8OS+. The highest BCUT2D eigenvalue weighted by molar-refractivity contribution is 7.15. The van der Waals surface area contributed by atoms with E-state index in [1.54, 1.807) is 0 Å². The lowest BCUT2D eigenvalue weighted by Crippen LogP contribution is -2.43. The summed E-state index contributed by atoms with van der Waals surface area (Å²) in [7, 11) is 4.11. The molecule has 0 saturated carbocycles. The highest BCUT2D eigenvalue weighted by atomic mass is 32.1. The molecule has 0 aliphatic heterocycles. The van der Waals surface area contributed by atoms with Gasteiger partial charge in [0.1, 0.15) is 6.54 Å². The zero-order valence-electron chi connectivity index (χ0n) is 29.7. The summed E-state index contributed by atoms with van der Waals surface area (Å²) in [4.78, 5) is 23.8. The number of aliphatic imine (C=N–C) groups is 1. The number of amides is 2. The van der Waals surface area contributed by atoms with E-state index in [-0.39, 0.29) is 12.0 Å². The third kappa shape index (κ3) is 14.3. The minimum Gasteiger partial charge on any atom is -0.378 e. The number of unbranched alkanes of at least 4 members (excludes halogenated alkanes) is 7. The van der Waals surface area contributed by atoms with Crippen LogP contribution in [-0.4, -0.2) is 44.2 Å². The number of aryl methyl sites for hydroxylation is 4. The molecular weight excluding hydrogens is 617 g/mol. The molecule has 10 heteroatoms. The third-order valence-corrected chi connectivity index (χ3v) is 9.34. The van der Waals surface area contributed by atoms with Gasteiger partial charge in [-0.2, -0.15) is 0 Å². The second kappa shape index (κ2) is 20.9. The van der Waals surface area contributed by atoms with Crippen LogP contribution in [0, 0.1) is 20.8 Å². The predicted octanol–water partition coefficient (Wildman–Crippen LogP) is 7.10. The first-order valence-corrected chi connectivity index (χ1v) is 18.1. The van der Waals surface area contributed by atoms with Crippen molar-refractivity contribution in [1.29, 1.82) is 0 Å². The van der Waals surface area contributed by atoms with E-state index in [2.05, 4.69) is 119 Å². The molecule has 0 aliphatic carbocycles. The van der Waals surface area contributed by atoms with E-state index in [1.807, 2.05) is 6.92 Å². The number of nitrogen functional groups attached to an aromatic ring is 1. The van der Waals surface area contributed by atoms with Gasteiger partial charge in [0, 0.05) is 70.2 Å². The number of nitrogens with two attached hydrogens (primary N) is 2. The average Bonchev–Trinajstić information content (AvgIpc) is 3.37. The molecule has 0 fully saturated rings. The molecule has 3 rings (SSSR count). The average molecular weight is 674 g/mol. The minimum atomic E-state index is -0.299. The highest BCUT2D eigenvalue weighted by Crippen LogP contribution is 2.21. The summed E-state index contributed by atoms with van der Waals surface area (Å²) in [6.07, 6.45) is 19.7. The molecule has 0 bridgehead atoms. The van der Waals surface area contributed by atoms with Crippen molar-refractivity contribution in [2.75, 3.05) is 37.8 Å². The number of nitrogens with zero attached hydrogens (tertiary/aromatic N) is 4. The Labute approximate surface area is 292 Å². The Balaban J connectivity index is 1.20. The number of hydrogen-bond donors (Lipinski definition) is 4. The van der Waals surface area contributed by atoms with Gasteiger partial charge in [-0.05, 0) is 55.9 Å². The van der Waals surface area contributed by atoms with Crippen LogP contribution in [0.2, 0.25) is 0 Å². The van der Waals surface area contributed by atoms with Gasteiger partial charge in [-0.15, -0.1) is 11.3 Å². The monoisotopic (exact) mass is 673 g/mol. The van der Waals surface area contributed by atoms with Crippen molar-refractivity contribution in [3.63, 3.8) is 0 Å². The Morgan fingerprint density at radius 1 is 0.896 bits per heavy atom. The molecule has 2 amide bonds. The van der Waals surface area contributed by atoms with Crippen LogP contribution in [0.15, 0.2) is 53.5 Å². The second-order valence-electron chi connectivity index (χ2n) is 12.6. The standard InChI is InChI=1S/C38H56N8OS/c1-29-27-33(18-13-12-17-32-20-22-34(23-21-32)45(4)5)28-30(2)46(29)26-15-11-9-7-6-8-10-14-24-42-38(47)44-36(39)41-25-16-19-35-31(3)43-37(40)48-35/h12-13,17-18,20-23,27-28H,6-11,14-16,19,24-26H2,1-5H3,(H5-,39,40,41,42,43,44,47)/p+1. The van der Waals surface area contributed by atoms with Gasteiger partial charge in [-0.25, -0.2) is 14.3 Å². The Kier molecular flexibility index (Phi) is 16.7. The Morgan fingerprint density at radius 2 is 1.50 bits per heavy atom. The number of aromatic nitrogens is 2. The molecule has 2 heterocycles. The van der Waals surface area contributed by atoms with E-state index in [4.69, 9.17) is 11.5 Å². The van der Waals surface area contributed by atoms with E-state index in [9.17, 15) is 4.79 Å². The van der Waals surface area contributed by atoms with Crippen LogP contribution < -0.4 is 31.6 Å². The molecule has 9 nitrogen and oxygen atoms in total. The molecule has 0 spiro atoms. The van der Waals surface area contributed by atoms with Crippen molar-refractivity contribution in [2.45, 2.75) is 91.5 Å². The first-order valence-electron chi connectivity index (χ1n) is 17.3. The maximum absolute atomic E-state index is 12.1. The van der Waals surface area contributed by atoms with Crippen molar-refractivity contribution in [3.05, 3.63) is 81.6 Å². The molecule has 3 aromatic rings. The minimum absolute atomic E-state index is 0.146. The lowest BCUT2D eigenvalue weighted by molar-refractivity contribution is -0.709. The SMILES string of the molecule is Cc1nc(N)sc1CCCN=C(N)NC(=O)NCCCCCCCCCC[n+]1c(C)cc(/C=C/C=C/c2ccc(N(C)C)cc2)cc1C. The number of pyridine rings is 1. The van der Waals surface area contributed by atoms with Gasteiger partial charge in [-0.1, -0.05) is 68.5 Å². The molecule has 6 N–H and O–H groups in total. The summed E-state index contributed by atoms with van der Waals surface area (Å²) in [6.45, 7) is 8.62. The van der Waals surface area contributed by atoms with E-state index >= 15 is 0 Å². The molecule has 0 radical (unpaired) electrons. The topological polar surface area (TPSA) is 126 Å². The van der Waals surface area contributed by atoms with Crippen LogP contribution in [0.1, 0.15) is 90.9 Å². The lowest BCUT2D eigenvalue weighted by atomic mass is 10.1. The van der Waals surface area contributed by atoms with E-state index in [0.717, 1.165) is 37.9 Å². The molecule has 0 atom stereocenters. The molecule has 0 saturated heterocycles. The first kappa shape index (κ1) is 38.3. The Hall–Kier alpha value is -4.18. The molecule has 0 unspecified atom stereocenters. The number of nitrogens with one attached hydrogen (secondary N) is 2. The third-order valence-electron chi connectivity index (χ3n) is 8.29. The summed E-state index contributed by atoms with van der Waals surface area (Å²) in [5.74, 6) is 0.146. The number of carbonyl (C=O) groups excluding carboxylic acids is 1. The van der Waals surface area contributed by atoms with Crippen molar-refractivity contribution in [1.82, 2.24) is 15.6 Å². The highest BCUT2D eigenvalue weighted by Gasteiger charge is 2.11. The predicted molar refractivity (Wildman–Crippen MR) is 204 cm³/mol. The van der Waals surface area contributed by atoms with Crippen LogP contribution in [0.5, 0.6) is 0 Å². The number of hydrogen-bond acceptors (Lipinski definition) is 6. The van der Waals surface area contributed by atoms with Gasteiger partial charge in [0.15, 0.2) is 22.5 Å². The van der Waals surface area contributed by atoms with Crippen molar-refractivity contribution in [3.8, 4) is 0 Å². The van der Waals surface area contributed by atoms with Crippen LogP contribution in [0.3, 0.4) is 0 Å². The van der Waals surface area contributed by atoms with Gasteiger partial charge >= 0.3 is 6.03 Å². The summed E-state index contributed by atoms with van der Waals surface area (Å²) in [6, 6.07) is 12.8. The van der Waals surface area contributed by atoms with Crippen LogP contribution in [0.4, 0.5) is 15.6 Å². The Morgan fingerprint density at radius 3 is 2.10 bits per heavy atom. The number of benzene rings is 1. The van der Waals surface area contributed by atoms with Crippen molar-refractivity contribution in [2.24, 2.45) is 10.7 Å². The van der Waals surface area contributed by atoms with Gasteiger partial charge < -0.3 is 21.7 Å².